The van der Waals surface area contributed by atoms with Gasteiger partial charge in [0.25, 0.3) is 12.0 Å². The van der Waals surface area contributed by atoms with E-state index in [4.69, 9.17) is 4.55 Å². The molecule has 0 aliphatic heterocycles. The molecular weight excluding hydrogens is 236 g/mol. The third kappa shape index (κ3) is 2.74. The summed E-state index contributed by atoms with van der Waals surface area (Å²) in [5.74, 6) is -1.15. The molecule has 0 spiro atoms. The smallest absolute Gasteiger partial charge is 0.268 e. The van der Waals surface area contributed by atoms with Crippen LogP contribution in [0.25, 0.3) is 0 Å². The van der Waals surface area contributed by atoms with Crippen molar-refractivity contribution >= 4 is 22.3 Å². The molecular formula is C8H6N2O5S. The number of hydrogen-bond donors (Lipinski definition) is 1. The number of hydrazone groups is 1. The highest BCUT2D eigenvalue weighted by Gasteiger charge is 2.26. The first-order chi connectivity index (χ1) is 7.46. The van der Waals surface area contributed by atoms with Crippen LogP contribution in [-0.2, 0) is 15.1 Å². The van der Waals surface area contributed by atoms with Crippen LogP contribution in [0.15, 0.2) is 35.4 Å². The summed E-state index contributed by atoms with van der Waals surface area (Å²) in [6.07, 6.45) is 0.866. The summed E-state index contributed by atoms with van der Waals surface area (Å²) >= 11 is 0. The molecule has 0 aliphatic rings. The monoisotopic (exact) mass is 242 g/mol. The van der Waals surface area contributed by atoms with Gasteiger partial charge < -0.3 is 0 Å². The lowest BCUT2D eigenvalue weighted by Gasteiger charge is -2.10. The highest BCUT2D eigenvalue weighted by molar-refractivity contribution is 7.83. The number of benzene rings is 1. The summed E-state index contributed by atoms with van der Waals surface area (Å²) in [5, 5.41) is 2.61. The maximum absolute atomic E-state index is 11.5. The Balaban J connectivity index is 3.17. The van der Waals surface area contributed by atoms with Crippen LogP contribution in [0.2, 0.25) is 0 Å². The van der Waals surface area contributed by atoms with Gasteiger partial charge in [-0.05, 0) is 12.1 Å². The van der Waals surface area contributed by atoms with Crippen molar-refractivity contribution in [3.8, 4) is 0 Å². The molecule has 0 radical (unpaired) electrons. The molecule has 0 unspecified atom stereocenters. The lowest BCUT2D eigenvalue weighted by atomic mass is 10.2. The van der Waals surface area contributed by atoms with E-state index in [0.717, 1.165) is 6.08 Å². The van der Waals surface area contributed by atoms with Crippen molar-refractivity contribution in [3.05, 3.63) is 35.9 Å². The first-order valence-electron chi connectivity index (χ1n) is 3.91. The van der Waals surface area contributed by atoms with E-state index in [9.17, 15) is 18.0 Å². The molecule has 7 nitrogen and oxygen atoms in total. The van der Waals surface area contributed by atoms with Gasteiger partial charge >= 0.3 is 10.3 Å². The molecule has 84 valence electrons. The normalized spacial score (nSPS) is 10.3. The van der Waals surface area contributed by atoms with Crippen LogP contribution in [0.5, 0.6) is 0 Å². The standard InChI is InChI=1S/C8H6N2O5S/c11-6-9-10(16(13,14)15)8(12)7-4-2-1-3-5-7/h1-5H,(H,13,14,15). The summed E-state index contributed by atoms with van der Waals surface area (Å²) in [6.45, 7) is 0. The molecule has 0 aromatic heterocycles. The van der Waals surface area contributed by atoms with E-state index in [-0.39, 0.29) is 9.98 Å². The number of hydrogen-bond acceptors (Lipinski definition) is 5. The number of amides is 1. The molecule has 0 heterocycles. The predicted octanol–water partition coefficient (Wildman–Crippen LogP) is 0.182. The molecule has 16 heavy (non-hydrogen) atoms. The van der Waals surface area contributed by atoms with E-state index in [2.05, 4.69) is 5.10 Å². The van der Waals surface area contributed by atoms with Crippen molar-refractivity contribution in [2.45, 2.75) is 0 Å². The molecule has 1 aromatic rings. The van der Waals surface area contributed by atoms with Gasteiger partial charge in [0.1, 0.15) is 0 Å². The van der Waals surface area contributed by atoms with Crippen LogP contribution in [-0.4, -0.2) is 29.4 Å². The van der Waals surface area contributed by atoms with Gasteiger partial charge in [0.05, 0.1) is 0 Å². The van der Waals surface area contributed by atoms with E-state index >= 15 is 0 Å². The lowest BCUT2D eigenvalue weighted by molar-refractivity contribution is 0.0854. The zero-order chi connectivity index (χ0) is 12.2. The van der Waals surface area contributed by atoms with E-state index in [1.54, 1.807) is 6.07 Å². The maximum Gasteiger partial charge on any atom is 0.383 e. The molecule has 0 atom stereocenters. The van der Waals surface area contributed by atoms with Crippen molar-refractivity contribution in [1.29, 1.82) is 0 Å². The summed E-state index contributed by atoms with van der Waals surface area (Å²) in [4.78, 5) is 21.4. The minimum absolute atomic E-state index is 0.0425. The van der Waals surface area contributed by atoms with Gasteiger partial charge in [0, 0.05) is 5.56 Å². The fourth-order valence-corrected chi connectivity index (χ4v) is 1.38. The molecule has 0 saturated carbocycles. The summed E-state index contributed by atoms with van der Waals surface area (Å²) in [7, 11) is -4.92. The first-order valence-corrected chi connectivity index (χ1v) is 5.31. The van der Waals surface area contributed by atoms with Crippen molar-refractivity contribution < 1.29 is 22.6 Å². The Morgan fingerprint density at radius 1 is 1.31 bits per heavy atom. The molecule has 8 heteroatoms. The van der Waals surface area contributed by atoms with Gasteiger partial charge in [-0.2, -0.15) is 8.42 Å². The average molecular weight is 242 g/mol. The molecule has 1 aromatic carbocycles. The minimum Gasteiger partial charge on any atom is -0.268 e. The molecule has 1 N–H and O–H groups in total. The van der Waals surface area contributed by atoms with Crippen molar-refractivity contribution in [1.82, 2.24) is 4.41 Å². The molecule has 0 fully saturated rings. The van der Waals surface area contributed by atoms with Gasteiger partial charge in [0.2, 0.25) is 0 Å². The molecule has 0 aliphatic carbocycles. The number of isocyanates is 1. The second kappa shape index (κ2) is 4.67. The van der Waals surface area contributed by atoms with E-state index in [0.29, 0.717) is 0 Å². The quantitative estimate of drug-likeness (QED) is 0.352. The summed E-state index contributed by atoms with van der Waals surface area (Å²) in [6, 6.07) is 7.19. The van der Waals surface area contributed by atoms with Crippen molar-refractivity contribution in [2.75, 3.05) is 0 Å². The zero-order valence-corrected chi connectivity index (χ0v) is 8.59. The minimum atomic E-state index is -4.92. The van der Waals surface area contributed by atoms with E-state index in [1.807, 2.05) is 0 Å². The van der Waals surface area contributed by atoms with Crippen LogP contribution >= 0.6 is 0 Å². The van der Waals surface area contributed by atoms with Gasteiger partial charge in [-0.15, -0.1) is 0 Å². The SMILES string of the molecule is O=C=NN(C(=O)c1ccccc1)S(=O)(=O)O. The van der Waals surface area contributed by atoms with Crippen LogP contribution in [0.1, 0.15) is 10.4 Å². The highest BCUT2D eigenvalue weighted by atomic mass is 32.2. The second-order valence-electron chi connectivity index (χ2n) is 2.58. The first kappa shape index (κ1) is 12.1. The fourth-order valence-electron chi connectivity index (χ4n) is 0.930. The number of carbonyl (C=O) groups is 1. The largest absolute Gasteiger partial charge is 0.383 e. The van der Waals surface area contributed by atoms with Crippen LogP contribution in [0.3, 0.4) is 0 Å². The fraction of sp³-hybridized carbons (Fsp3) is 0. The Morgan fingerprint density at radius 3 is 2.31 bits per heavy atom. The maximum atomic E-state index is 11.5. The summed E-state index contributed by atoms with van der Waals surface area (Å²) < 4.78 is 29.8. The third-order valence-corrected chi connectivity index (χ3v) is 2.23. The Bertz CT molecular complexity index is 533. The number of nitrogens with zero attached hydrogens (tertiary/aromatic N) is 2. The summed E-state index contributed by atoms with van der Waals surface area (Å²) in [5.41, 5.74) is -0.0425. The van der Waals surface area contributed by atoms with Crippen LogP contribution in [0, 0.1) is 0 Å². The Kier molecular flexibility index (Phi) is 3.51. The number of rotatable bonds is 3. The molecule has 1 amide bonds. The van der Waals surface area contributed by atoms with Crippen molar-refractivity contribution in [3.63, 3.8) is 0 Å². The molecule has 1 rings (SSSR count). The van der Waals surface area contributed by atoms with Gasteiger partial charge in [-0.1, -0.05) is 27.7 Å². The third-order valence-electron chi connectivity index (χ3n) is 1.54. The van der Waals surface area contributed by atoms with Gasteiger partial charge in [-0.3, -0.25) is 9.35 Å². The van der Waals surface area contributed by atoms with Gasteiger partial charge in [0.15, 0.2) is 0 Å². The van der Waals surface area contributed by atoms with Gasteiger partial charge in [-0.25, -0.2) is 4.79 Å². The van der Waals surface area contributed by atoms with Crippen LogP contribution < -0.4 is 0 Å². The Hall–Kier alpha value is -2.02. The molecule has 0 bridgehead atoms. The number of carbonyl (C=O) groups excluding carboxylic acids is 2. The predicted molar refractivity (Wildman–Crippen MR) is 52.3 cm³/mol. The topological polar surface area (TPSA) is 104 Å². The Morgan fingerprint density at radius 2 is 1.88 bits per heavy atom. The zero-order valence-electron chi connectivity index (χ0n) is 7.77. The molecule has 0 saturated heterocycles. The van der Waals surface area contributed by atoms with Crippen LogP contribution in [0.4, 0.5) is 0 Å². The lowest BCUT2D eigenvalue weighted by Crippen LogP contribution is -2.31. The van der Waals surface area contributed by atoms with E-state index in [1.165, 1.54) is 24.3 Å². The highest BCUT2D eigenvalue weighted by Crippen LogP contribution is 2.08. The average Bonchev–Trinajstić information content (AvgIpc) is 2.25. The van der Waals surface area contributed by atoms with Crippen molar-refractivity contribution in [2.24, 2.45) is 5.10 Å². The Labute approximate surface area is 90.9 Å². The van der Waals surface area contributed by atoms with E-state index < -0.39 is 16.2 Å². The second-order valence-corrected chi connectivity index (χ2v) is 3.82.